The summed E-state index contributed by atoms with van der Waals surface area (Å²) in [6.07, 6.45) is -5.03. The first kappa shape index (κ1) is 87.4. The molecular formula is C71H104FN15O20. The number of aliphatic imine (C=N–C) groups is 1. The van der Waals surface area contributed by atoms with E-state index < -0.39 is 242 Å². The molecule has 35 nitrogen and oxygen atoms in total. The number of aliphatic carboxylic acids is 1. The van der Waals surface area contributed by atoms with Crippen LogP contribution in [-0.4, -0.2) is 265 Å². The molecule has 3 aliphatic heterocycles. The van der Waals surface area contributed by atoms with Gasteiger partial charge in [-0.1, -0.05) is 70.5 Å². The molecular weight excluding hydrogens is 1400 g/mol. The Balaban J connectivity index is 1.65. The molecule has 3 saturated heterocycles. The second-order valence-corrected chi connectivity index (χ2v) is 27.8. The number of aliphatic hydroxyl groups is 3. The van der Waals surface area contributed by atoms with Crippen molar-refractivity contribution in [2.75, 3.05) is 46.9 Å². The Morgan fingerprint density at radius 3 is 1.89 bits per heavy atom. The summed E-state index contributed by atoms with van der Waals surface area (Å²) in [6.45, 7) is 7.79. The van der Waals surface area contributed by atoms with Crippen molar-refractivity contribution in [3.63, 3.8) is 0 Å². The minimum absolute atomic E-state index is 0.00564. The molecule has 3 heterocycles. The predicted molar refractivity (Wildman–Crippen MR) is 381 cm³/mol. The number of nitrogens with two attached hydrogens (primary N) is 2. The molecule has 2 aromatic rings. The summed E-state index contributed by atoms with van der Waals surface area (Å²) >= 11 is 0. The van der Waals surface area contributed by atoms with Crippen LogP contribution in [0.4, 0.5) is 4.39 Å². The van der Waals surface area contributed by atoms with E-state index in [-0.39, 0.29) is 82.4 Å². The maximum absolute atomic E-state index is 15.1. The van der Waals surface area contributed by atoms with E-state index in [1.165, 1.54) is 45.7 Å². The molecule has 0 aromatic heterocycles. The number of ketones is 1. The Bertz CT molecular complexity index is 3580. The Labute approximate surface area is 619 Å². The van der Waals surface area contributed by atoms with Gasteiger partial charge in [0.05, 0.1) is 43.5 Å². The number of fused-ring (bicyclic) bond motifs is 1. The number of halogens is 1. The average molecular weight is 1510 g/mol. The third-order valence-corrected chi connectivity index (χ3v) is 19.4. The predicted octanol–water partition coefficient (Wildman–Crippen LogP) is -3.60. The number of nitrogens with one attached hydrogen (secondary N) is 8. The van der Waals surface area contributed by atoms with Gasteiger partial charge in [0.25, 0.3) is 0 Å². The highest BCUT2D eigenvalue weighted by Gasteiger charge is 2.45. The molecule has 590 valence electrons. The van der Waals surface area contributed by atoms with Crippen molar-refractivity contribution in [1.29, 1.82) is 0 Å². The highest BCUT2D eigenvalue weighted by atomic mass is 19.1. The number of phenolic OH excluding ortho intramolecular Hbond substituents is 1. The number of benzene rings is 2. The number of nitrogens with zero attached hydrogens (tertiary/aromatic N) is 5. The molecule has 0 unspecified atom stereocenters. The SMILES string of the molecule is CC[C@H](C)[C@@H]1NC(=O)[C@H](CCC(N)=O)NC(=O)[C@H](CO)NC(=O)[C@@H]2CCCN2C(=O)[C@H](Cc2ccccc2)N(C)C(=O)[C@H](CO)CC(=O)[C@H](C)N(C)C(=O)C[C@@H](C(=O)N2CCC[C@H]2C(=O)N[C@@H](CCCN=C(C)N)C(=O)O)NC(=O)[C@H]([C@@H](C)O)NC(=O)[C@H](Cc2ccc(O)c(F)c2)NC(=O)[C@H](C(C)C)NC1=O. The van der Waals surface area contributed by atoms with E-state index in [1.54, 1.807) is 44.2 Å². The normalized spacial score (nSPS) is 26.1. The minimum atomic E-state index is -2.12. The van der Waals surface area contributed by atoms with E-state index in [9.17, 15) is 87.9 Å². The zero-order chi connectivity index (χ0) is 79.8. The molecule has 15 atom stereocenters. The summed E-state index contributed by atoms with van der Waals surface area (Å²) in [7, 11) is 2.38. The van der Waals surface area contributed by atoms with Gasteiger partial charge in [0.2, 0.25) is 76.8 Å². The number of aliphatic hydroxyl groups excluding tert-OH is 3. The maximum Gasteiger partial charge on any atom is 0.326 e. The first-order chi connectivity index (χ1) is 50.4. The van der Waals surface area contributed by atoms with Crippen LogP contribution in [0.15, 0.2) is 53.5 Å². The molecule has 13 amide bonds. The fourth-order valence-electron chi connectivity index (χ4n) is 12.7. The van der Waals surface area contributed by atoms with E-state index in [2.05, 4.69) is 47.5 Å². The number of phenols is 1. The Kier molecular flexibility index (Phi) is 33.5. The highest BCUT2D eigenvalue weighted by molar-refractivity contribution is 6.02. The number of likely N-dealkylation sites (N-methyl/N-ethyl adjacent to an activating group) is 2. The van der Waals surface area contributed by atoms with Gasteiger partial charge in [-0.2, -0.15) is 0 Å². The van der Waals surface area contributed by atoms with Gasteiger partial charge in [0, 0.05) is 59.4 Å². The number of carboxylic acids is 1. The molecule has 0 saturated carbocycles. The molecule has 2 aromatic carbocycles. The Morgan fingerprint density at radius 1 is 0.692 bits per heavy atom. The van der Waals surface area contributed by atoms with E-state index >= 15 is 14.0 Å². The molecule has 107 heavy (non-hydrogen) atoms. The van der Waals surface area contributed by atoms with Crippen molar-refractivity contribution in [2.24, 2.45) is 34.2 Å². The van der Waals surface area contributed by atoms with Gasteiger partial charge in [-0.3, -0.25) is 72.1 Å². The molecule has 3 fully saturated rings. The first-order valence-electron chi connectivity index (χ1n) is 35.7. The number of amides is 13. The molecule has 0 aliphatic carbocycles. The molecule has 36 heteroatoms. The van der Waals surface area contributed by atoms with Crippen LogP contribution >= 0.6 is 0 Å². The number of hydrogen-bond acceptors (Lipinski definition) is 20. The number of rotatable bonds is 21. The van der Waals surface area contributed by atoms with Crippen molar-refractivity contribution in [2.45, 2.75) is 211 Å². The van der Waals surface area contributed by atoms with E-state index in [0.29, 0.717) is 5.56 Å². The van der Waals surface area contributed by atoms with Crippen molar-refractivity contribution < 1.29 is 102 Å². The Morgan fingerprint density at radius 2 is 1.29 bits per heavy atom. The van der Waals surface area contributed by atoms with Crippen LogP contribution in [0, 0.1) is 23.6 Å². The van der Waals surface area contributed by atoms with Gasteiger partial charge >= 0.3 is 5.97 Å². The van der Waals surface area contributed by atoms with Crippen LogP contribution in [-0.2, 0) is 84.8 Å². The quantitative estimate of drug-likeness (QED) is 0.0326. The van der Waals surface area contributed by atoms with E-state index in [0.717, 1.165) is 40.8 Å². The van der Waals surface area contributed by atoms with Gasteiger partial charge in [-0.25, -0.2) is 9.18 Å². The lowest BCUT2D eigenvalue weighted by Crippen LogP contribution is -2.63. The molecule has 0 spiro atoms. The van der Waals surface area contributed by atoms with Gasteiger partial charge in [0.1, 0.15) is 66.5 Å². The lowest BCUT2D eigenvalue weighted by molar-refractivity contribution is -0.150. The van der Waals surface area contributed by atoms with Gasteiger partial charge in [-0.15, -0.1) is 0 Å². The number of likely N-dealkylation sites (tertiary alicyclic amines) is 1. The fourth-order valence-corrected chi connectivity index (χ4v) is 12.7. The number of hydrogen-bond donors (Lipinski definition) is 15. The second-order valence-electron chi connectivity index (χ2n) is 27.8. The lowest BCUT2D eigenvalue weighted by Gasteiger charge is -2.35. The summed E-state index contributed by atoms with van der Waals surface area (Å²) in [5.41, 5.74) is 11.6. The topological polar surface area (TPSA) is 531 Å². The smallest absolute Gasteiger partial charge is 0.326 e. The summed E-state index contributed by atoms with van der Waals surface area (Å²) in [5, 5.41) is 72.7. The Hall–Kier alpha value is -10.2. The summed E-state index contributed by atoms with van der Waals surface area (Å²) < 4.78 is 15.0. The molecule has 17 N–H and O–H groups in total. The number of carbonyl (C=O) groups excluding carboxylic acids is 14. The van der Waals surface area contributed by atoms with Crippen molar-refractivity contribution in [3.05, 3.63) is 65.5 Å². The van der Waals surface area contributed by atoms with Crippen LogP contribution < -0.4 is 54.0 Å². The number of amidine groups is 1. The number of carboxylic acid groups (broad SMARTS) is 1. The van der Waals surface area contributed by atoms with Gasteiger partial charge in [-0.05, 0) is 101 Å². The average Bonchev–Trinajstić information content (AvgIpc) is 1.78. The summed E-state index contributed by atoms with van der Waals surface area (Å²) in [5.74, 6) is -21.0. The zero-order valence-corrected chi connectivity index (χ0v) is 61.7. The number of Topliss-reactive ketones (excluding diaryl/α,β-unsaturated/α-hetero) is 1. The minimum Gasteiger partial charge on any atom is -0.505 e. The van der Waals surface area contributed by atoms with Crippen molar-refractivity contribution >= 4 is 94.4 Å². The molecule has 0 bridgehead atoms. The molecule has 5 rings (SSSR count). The standard InChI is InChI=1S/C71H104FN15O20/c1-10-37(4)58-66(101)81-57(36(2)3)65(100)78-47(30-42-22-24-53(91)44(72)29-42)61(96)83-59(39(6)90)67(102)79-48(69(104)86-27-15-20-50(86)63(98)77-46(71(106)107)19-14-26-75-40(7)73)33-56(94)84(8)38(5)54(92)32-43(34-88)68(103)85(9)52(31-41-17-12-11-13-18-41)70(105)87-28-16-21-51(87)64(99)80-49(35-89)62(97)76-45(60(95)82-58)23-25-55(74)93/h11-13,17-18,22,24,29,36-39,43,45-52,57-59,88-91H,10,14-16,19-21,23,25-28,30-35H2,1-9H3,(H2,73,75)(H2,74,93)(H,76,97)(H,77,98)(H,78,100)(H,79,102)(H,80,99)(H,81,101)(H,82,95)(H,83,96)(H,106,107)/t37-,38-,39+,43-,45-,46-,47-,48-,49-,50-,51-,52-,57-,58-,59-/m0/s1. The highest BCUT2D eigenvalue weighted by Crippen LogP contribution is 2.26. The van der Waals surface area contributed by atoms with Gasteiger partial charge < -0.3 is 99.1 Å². The third kappa shape index (κ3) is 24.7. The van der Waals surface area contributed by atoms with Gasteiger partial charge in [0.15, 0.2) is 17.3 Å². The van der Waals surface area contributed by atoms with Crippen LogP contribution in [0.25, 0.3) is 0 Å². The van der Waals surface area contributed by atoms with Crippen molar-refractivity contribution in [1.82, 2.24) is 62.1 Å². The third-order valence-electron chi connectivity index (χ3n) is 19.4. The van der Waals surface area contributed by atoms with E-state index in [1.807, 2.05) is 0 Å². The van der Waals surface area contributed by atoms with Crippen LogP contribution in [0.2, 0.25) is 0 Å². The van der Waals surface area contributed by atoms with Crippen molar-refractivity contribution in [3.8, 4) is 5.75 Å². The molecule has 0 radical (unpaired) electrons. The lowest BCUT2D eigenvalue weighted by atomic mass is 9.95. The second kappa shape index (κ2) is 41.0. The molecule has 3 aliphatic rings. The summed E-state index contributed by atoms with van der Waals surface area (Å²) in [4.78, 5) is 223. The zero-order valence-electron chi connectivity index (χ0n) is 61.7. The number of carbonyl (C=O) groups is 15. The maximum atomic E-state index is 15.1. The first-order valence-corrected chi connectivity index (χ1v) is 35.7. The van der Waals surface area contributed by atoms with Crippen LogP contribution in [0.1, 0.15) is 130 Å². The number of primary amides is 1. The summed E-state index contributed by atoms with van der Waals surface area (Å²) in [6, 6.07) is -8.64. The van der Waals surface area contributed by atoms with E-state index in [4.69, 9.17) is 11.5 Å². The fraction of sp³-hybridized carbons (Fsp3) is 0.606. The van der Waals surface area contributed by atoms with Crippen LogP contribution in [0.3, 0.4) is 0 Å². The number of aromatic hydroxyl groups is 1. The largest absolute Gasteiger partial charge is 0.505 e. The van der Waals surface area contributed by atoms with Crippen LogP contribution in [0.5, 0.6) is 5.75 Å². The monoisotopic (exact) mass is 1510 g/mol.